The van der Waals surface area contributed by atoms with E-state index >= 15 is 0 Å². The zero-order valence-corrected chi connectivity index (χ0v) is 17.3. The maximum Gasteiger partial charge on any atom is 0.312 e. The molecule has 158 valence electrons. The molecule has 32 heavy (non-hydrogen) atoms. The van der Waals surface area contributed by atoms with E-state index in [1.54, 1.807) is 46.3 Å². The van der Waals surface area contributed by atoms with Gasteiger partial charge in [-0.05, 0) is 30.3 Å². The van der Waals surface area contributed by atoms with Gasteiger partial charge in [-0.15, -0.1) is 10.2 Å². The van der Waals surface area contributed by atoms with Crippen LogP contribution in [0.3, 0.4) is 0 Å². The van der Waals surface area contributed by atoms with E-state index in [-0.39, 0.29) is 11.8 Å². The minimum absolute atomic E-state index is 0.102. The van der Waals surface area contributed by atoms with Crippen LogP contribution < -0.4 is 0 Å². The highest BCUT2D eigenvalue weighted by Gasteiger charge is 2.38. The summed E-state index contributed by atoms with van der Waals surface area (Å²) < 4.78 is 7.38. The molecule has 5 aromatic heterocycles. The molecule has 1 amide bonds. The van der Waals surface area contributed by atoms with Crippen LogP contribution in [-0.4, -0.2) is 52.1 Å². The molecule has 0 aromatic carbocycles. The van der Waals surface area contributed by atoms with Crippen LogP contribution in [0.1, 0.15) is 33.8 Å². The third-order valence-corrected chi connectivity index (χ3v) is 5.77. The average Bonchev–Trinajstić information content (AvgIpc) is 3.58. The third kappa shape index (κ3) is 2.95. The normalized spacial score (nSPS) is 15.8. The van der Waals surface area contributed by atoms with Crippen LogP contribution in [0.15, 0.2) is 59.7 Å². The minimum Gasteiger partial charge on any atom is -0.412 e. The Morgan fingerprint density at radius 2 is 2.19 bits per heavy atom. The average molecular weight is 447 g/mol. The van der Waals surface area contributed by atoms with Gasteiger partial charge in [0.25, 0.3) is 0 Å². The second kappa shape index (κ2) is 7.27. The number of halogens is 1. The first-order chi connectivity index (χ1) is 15.7. The predicted molar refractivity (Wildman–Crippen MR) is 113 cm³/mol. The van der Waals surface area contributed by atoms with E-state index in [0.29, 0.717) is 29.2 Å². The van der Waals surface area contributed by atoms with Gasteiger partial charge >= 0.3 is 11.8 Å². The Morgan fingerprint density at radius 1 is 1.25 bits per heavy atom. The summed E-state index contributed by atoms with van der Waals surface area (Å²) in [6.07, 6.45) is 7.30. The Hall–Kier alpha value is -4.05. The largest absolute Gasteiger partial charge is 0.412 e. The molecule has 0 saturated carbocycles. The standard InChI is InChI=1S/C21H15ClN8O2/c22-13-4-2-7-30-16(13)9-15(28-30)18-17-14(24-11-25-17)5-8-29(18)21(31)20-27-26-19(32-20)12-3-1-6-23-10-12/h1-4,6-7,9-11,18H,5,8H2,(H,24,25)/t18-/m1/s1. The second-order valence-electron chi connectivity index (χ2n) is 7.33. The highest BCUT2D eigenvalue weighted by molar-refractivity contribution is 6.33. The third-order valence-electron chi connectivity index (χ3n) is 5.45. The van der Waals surface area contributed by atoms with Gasteiger partial charge in [0.05, 0.1) is 33.8 Å². The van der Waals surface area contributed by atoms with Crippen LogP contribution >= 0.6 is 11.6 Å². The van der Waals surface area contributed by atoms with Crippen LogP contribution in [0.4, 0.5) is 0 Å². The van der Waals surface area contributed by atoms with E-state index in [0.717, 1.165) is 16.9 Å². The van der Waals surface area contributed by atoms with Crippen LogP contribution in [0.25, 0.3) is 17.0 Å². The highest BCUT2D eigenvalue weighted by atomic mass is 35.5. The molecule has 11 heteroatoms. The van der Waals surface area contributed by atoms with Crippen molar-refractivity contribution in [2.45, 2.75) is 12.5 Å². The van der Waals surface area contributed by atoms with Gasteiger partial charge in [0, 0.05) is 37.3 Å². The summed E-state index contributed by atoms with van der Waals surface area (Å²) in [6.45, 7) is 0.435. The summed E-state index contributed by atoms with van der Waals surface area (Å²) in [7, 11) is 0. The molecule has 1 aliphatic heterocycles. The number of hydrogen-bond acceptors (Lipinski definition) is 7. The molecular formula is C21H15ClN8O2. The summed E-state index contributed by atoms with van der Waals surface area (Å²) in [5, 5.41) is 13.2. The maximum atomic E-state index is 13.5. The van der Waals surface area contributed by atoms with Gasteiger partial charge in [0.2, 0.25) is 5.89 Å². The van der Waals surface area contributed by atoms with E-state index in [1.807, 2.05) is 18.3 Å². The lowest BCUT2D eigenvalue weighted by Gasteiger charge is -2.32. The van der Waals surface area contributed by atoms with E-state index in [1.165, 1.54) is 0 Å². The molecule has 6 rings (SSSR count). The summed E-state index contributed by atoms with van der Waals surface area (Å²) in [6, 6.07) is 8.50. The highest BCUT2D eigenvalue weighted by Crippen LogP contribution is 2.35. The Bertz CT molecular complexity index is 1440. The zero-order valence-electron chi connectivity index (χ0n) is 16.5. The van der Waals surface area contributed by atoms with Crippen molar-refractivity contribution in [1.82, 2.24) is 39.7 Å². The SMILES string of the molecule is O=C(c1nnc(-c2cccnc2)o1)N1CCc2[nH]cnc2[C@H]1c1cc2c(Cl)cccn2n1. The summed E-state index contributed by atoms with van der Waals surface area (Å²) in [5.74, 6) is -0.265. The van der Waals surface area contributed by atoms with Crippen LogP contribution in [0, 0.1) is 0 Å². The Balaban J connectivity index is 1.41. The number of H-pyrrole nitrogens is 1. The Labute approximate surface area is 185 Å². The van der Waals surface area contributed by atoms with Gasteiger partial charge in [-0.2, -0.15) is 5.10 Å². The number of rotatable bonds is 3. The fourth-order valence-electron chi connectivity index (χ4n) is 3.97. The van der Waals surface area contributed by atoms with Crippen LogP contribution in [0.5, 0.6) is 0 Å². The van der Waals surface area contributed by atoms with Crippen molar-refractivity contribution in [3.63, 3.8) is 0 Å². The molecule has 1 N–H and O–H groups in total. The number of hydrogen-bond donors (Lipinski definition) is 1. The maximum absolute atomic E-state index is 13.5. The van der Waals surface area contributed by atoms with Gasteiger partial charge in [0.1, 0.15) is 6.04 Å². The molecular weight excluding hydrogens is 432 g/mol. The number of nitrogens with one attached hydrogen (secondary N) is 1. The van der Waals surface area contributed by atoms with Crippen molar-refractivity contribution >= 4 is 23.0 Å². The van der Waals surface area contributed by atoms with Crippen LogP contribution in [-0.2, 0) is 6.42 Å². The minimum atomic E-state index is -0.526. The predicted octanol–water partition coefficient (Wildman–Crippen LogP) is 2.94. The van der Waals surface area contributed by atoms with Crippen molar-refractivity contribution in [2.24, 2.45) is 0 Å². The summed E-state index contributed by atoms with van der Waals surface area (Å²) in [4.78, 5) is 26.8. The van der Waals surface area contributed by atoms with Crippen molar-refractivity contribution in [3.8, 4) is 11.5 Å². The zero-order chi connectivity index (χ0) is 21.7. The van der Waals surface area contributed by atoms with Gasteiger partial charge in [0.15, 0.2) is 0 Å². The fraction of sp³-hybridized carbons (Fsp3) is 0.143. The lowest BCUT2D eigenvalue weighted by molar-refractivity contribution is 0.0646. The number of aromatic nitrogens is 7. The van der Waals surface area contributed by atoms with E-state index in [9.17, 15) is 4.79 Å². The van der Waals surface area contributed by atoms with Crippen molar-refractivity contribution in [2.75, 3.05) is 6.54 Å². The number of amides is 1. The molecule has 0 fully saturated rings. The lowest BCUT2D eigenvalue weighted by Crippen LogP contribution is -2.41. The number of imidazole rings is 1. The number of fused-ring (bicyclic) bond motifs is 2. The molecule has 0 saturated heterocycles. The number of carbonyl (C=O) groups excluding carboxylic acids is 1. The van der Waals surface area contributed by atoms with Gasteiger partial charge < -0.3 is 14.3 Å². The first-order valence-corrected chi connectivity index (χ1v) is 10.3. The topological polar surface area (TPSA) is 118 Å². The van der Waals surface area contributed by atoms with Crippen molar-refractivity contribution < 1.29 is 9.21 Å². The molecule has 10 nitrogen and oxygen atoms in total. The molecule has 0 radical (unpaired) electrons. The van der Waals surface area contributed by atoms with Crippen LogP contribution in [0.2, 0.25) is 5.02 Å². The molecule has 0 bridgehead atoms. The summed E-state index contributed by atoms with van der Waals surface area (Å²) in [5.41, 5.74) is 3.72. The molecule has 1 atom stereocenters. The molecule has 5 aromatic rings. The molecule has 0 aliphatic carbocycles. The van der Waals surface area contributed by atoms with Crippen molar-refractivity contribution in [1.29, 1.82) is 0 Å². The van der Waals surface area contributed by atoms with E-state index in [4.69, 9.17) is 16.0 Å². The number of carbonyl (C=O) groups is 1. The molecule has 0 spiro atoms. The Morgan fingerprint density at radius 3 is 3.03 bits per heavy atom. The number of nitrogens with zero attached hydrogens (tertiary/aromatic N) is 7. The smallest absolute Gasteiger partial charge is 0.312 e. The number of aromatic amines is 1. The molecule has 0 unspecified atom stereocenters. The van der Waals surface area contributed by atoms with E-state index in [2.05, 4.69) is 30.2 Å². The summed E-state index contributed by atoms with van der Waals surface area (Å²) >= 11 is 6.34. The fourth-order valence-corrected chi connectivity index (χ4v) is 4.18. The first-order valence-electron chi connectivity index (χ1n) is 9.90. The van der Waals surface area contributed by atoms with E-state index < -0.39 is 11.9 Å². The van der Waals surface area contributed by atoms with Crippen molar-refractivity contribution in [3.05, 3.63) is 83.2 Å². The van der Waals surface area contributed by atoms with Gasteiger partial charge in [-0.25, -0.2) is 9.50 Å². The molecule has 1 aliphatic rings. The Kier molecular flexibility index (Phi) is 4.25. The van der Waals surface area contributed by atoms with Gasteiger partial charge in [-0.1, -0.05) is 11.6 Å². The lowest BCUT2D eigenvalue weighted by atomic mass is 9.99. The monoisotopic (exact) mass is 446 g/mol. The molecule has 6 heterocycles. The number of pyridine rings is 2. The quantitative estimate of drug-likeness (QED) is 0.452. The first kappa shape index (κ1) is 18.7. The van der Waals surface area contributed by atoms with Gasteiger partial charge in [-0.3, -0.25) is 9.78 Å². The second-order valence-corrected chi connectivity index (χ2v) is 7.73.